The van der Waals surface area contributed by atoms with Gasteiger partial charge in [0, 0.05) is 37.3 Å². The largest absolute Gasteiger partial charge is 0.481 e. The molecule has 1 aliphatic rings. The fraction of sp³-hybridized carbons (Fsp3) is 0.550. The molecule has 0 fully saturated rings. The van der Waals surface area contributed by atoms with Crippen molar-refractivity contribution in [3.05, 3.63) is 12.2 Å². The molecular formula is C20H30N4O10S. The van der Waals surface area contributed by atoms with Crippen LogP contribution in [0.1, 0.15) is 38.5 Å². The van der Waals surface area contributed by atoms with E-state index < -0.39 is 48.4 Å². The highest BCUT2D eigenvalue weighted by atomic mass is 32.1. The Balaban J connectivity index is 0.000000686. The molecule has 14 nitrogen and oxygen atoms in total. The summed E-state index contributed by atoms with van der Waals surface area (Å²) >= 11 is 3.87. The molecule has 0 aromatic rings. The second-order valence-corrected chi connectivity index (χ2v) is 7.63. The predicted molar refractivity (Wildman–Crippen MR) is 123 cm³/mol. The van der Waals surface area contributed by atoms with Gasteiger partial charge in [-0.05, 0) is 19.3 Å². The highest BCUT2D eigenvalue weighted by Gasteiger charge is 2.22. The van der Waals surface area contributed by atoms with E-state index in [0.717, 1.165) is 0 Å². The van der Waals surface area contributed by atoms with E-state index in [2.05, 4.69) is 23.3 Å². The number of aliphatic carboxylic acids is 3. The molecule has 7 N–H and O–H groups in total. The number of hydrogen-bond donors (Lipinski definition) is 7. The molecule has 15 heteroatoms. The number of amides is 4. The first-order valence-electron chi connectivity index (χ1n) is 10.5. The average molecular weight is 519 g/mol. The van der Waals surface area contributed by atoms with E-state index in [1.165, 1.54) is 17.1 Å². The Morgan fingerprint density at radius 1 is 0.943 bits per heavy atom. The van der Waals surface area contributed by atoms with Gasteiger partial charge in [0.25, 0.3) is 11.8 Å². The summed E-state index contributed by atoms with van der Waals surface area (Å²) < 4.78 is 0. The van der Waals surface area contributed by atoms with Gasteiger partial charge in [-0.3, -0.25) is 38.5 Å². The van der Waals surface area contributed by atoms with E-state index >= 15 is 0 Å². The minimum Gasteiger partial charge on any atom is -0.481 e. The third-order valence-corrected chi connectivity index (χ3v) is 4.79. The Kier molecular flexibility index (Phi) is 15.4. The molecule has 0 saturated carbocycles. The highest BCUT2D eigenvalue weighted by molar-refractivity contribution is 7.80. The normalized spacial score (nSPS) is 13.9. The number of unbranched alkanes of at least 4 members (excludes halogenated alkanes) is 2. The number of thiol groups is 1. The molecule has 35 heavy (non-hydrogen) atoms. The molecule has 196 valence electrons. The van der Waals surface area contributed by atoms with Gasteiger partial charge in [-0.15, -0.1) is 0 Å². The zero-order valence-corrected chi connectivity index (χ0v) is 19.7. The number of carboxylic acids is 3. The van der Waals surface area contributed by atoms with Crippen LogP contribution in [0.2, 0.25) is 0 Å². The summed E-state index contributed by atoms with van der Waals surface area (Å²) in [6.07, 6.45) is 4.36. The number of rotatable bonds is 15. The molecule has 4 amide bonds. The monoisotopic (exact) mass is 518 g/mol. The first-order valence-corrected chi connectivity index (χ1v) is 11.2. The Morgan fingerprint density at radius 3 is 2.03 bits per heavy atom. The van der Waals surface area contributed by atoms with Crippen LogP contribution >= 0.6 is 12.6 Å². The number of nitrogens with zero attached hydrogens (tertiary/aromatic N) is 1. The minimum absolute atomic E-state index is 0.0256. The first kappa shape index (κ1) is 31.5. The summed E-state index contributed by atoms with van der Waals surface area (Å²) in [6.45, 7) is -0.187. The molecule has 1 aliphatic heterocycles. The summed E-state index contributed by atoms with van der Waals surface area (Å²) in [5.41, 5.74) is 5.23. The molecule has 1 heterocycles. The summed E-state index contributed by atoms with van der Waals surface area (Å²) in [6, 6.07) is -2.15. The van der Waals surface area contributed by atoms with Crippen LogP contribution < -0.4 is 16.4 Å². The predicted octanol–water partition coefficient (Wildman–Crippen LogP) is -1.65. The van der Waals surface area contributed by atoms with Crippen molar-refractivity contribution in [1.82, 2.24) is 15.5 Å². The standard InChI is InChI=1S/C10H17N3O6S.C10H13NO4/c11-5(10(18)19)1-2-7(14)13-6(4-20)9(17)12-3-8(15)16;12-8-5-6-9(13)11(8)7-3-1-2-4-10(14)15/h5-6,20H,1-4,11H2,(H,12,17)(H,13,14)(H,15,16)(H,18,19);5-6H,1-4,7H2,(H,14,15). The summed E-state index contributed by atoms with van der Waals surface area (Å²) in [5.74, 6) is -5.08. The van der Waals surface area contributed by atoms with Crippen molar-refractivity contribution in [2.24, 2.45) is 5.73 Å². The van der Waals surface area contributed by atoms with Gasteiger partial charge in [0.2, 0.25) is 11.8 Å². The number of nitrogens with one attached hydrogen (secondary N) is 2. The Labute approximate surface area is 206 Å². The smallest absolute Gasteiger partial charge is 0.322 e. The van der Waals surface area contributed by atoms with Crippen molar-refractivity contribution in [2.45, 2.75) is 50.6 Å². The number of carbonyl (C=O) groups excluding carboxylic acids is 4. The molecule has 0 bridgehead atoms. The summed E-state index contributed by atoms with van der Waals surface area (Å²) in [5, 5.41) is 29.7. The fourth-order valence-electron chi connectivity index (χ4n) is 2.53. The van der Waals surface area contributed by atoms with Crippen molar-refractivity contribution in [2.75, 3.05) is 18.8 Å². The lowest BCUT2D eigenvalue weighted by Gasteiger charge is -2.16. The van der Waals surface area contributed by atoms with Crippen molar-refractivity contribution >= 4 is 54.2 Å². The van der Waals surface area contributed by atoms with Gasteiger partial charge in [-0.1, -0.05) is 6.42 Å². The molecule has 0 spiro atoms. The molecule has 1 rings (SSSR count). The second kappa shape index (κ2) is 17.0. The number of nitrogens with two attached hydrogens (primary N) is 1. The van der Waals surface area contributed by atoms with Gasteiger partial charge in [0.15, 0.2) is 0 Å². The molecule has 0 saturated heterocycles. The lowest BCUT2D eigenvalue weighted by molar-refractivity contribution is -0.139. The zero-order chi connectivity index (χ0) is 27.0. The van der Waals surface area contributed by atoms with Crippen LogP contribution in [0.3, 0.4) is 0 Å². The van der Waals surface area contributed by atoms with Crippen LogP contribution in [-0.2, 0) is 33.6 Å². The number of imide groups is 1. The van der Waals surface area contributed by atoms with Crippen molar-refractivity contribution in [3.63, 3.8) is 0 Å². The Bertz CT molecular complexity index is 815. The van der Waals surface area contributed by atoms with Gasteiger partial charge in [-0.25, -0.2) is 0 Å². The van der Waals surface area contributed by atoms with Gasteiger partial charge < -0.3 is 31.7 Å². The molecule has 2 atom stereocenters. The number of carboxylic acid groups (broad SMARTS) is 3. The van der Waals surface area contributed by atoms with Gasteiger partial charge >= 0.3 is 17.9 Å². The maximum Gasteiger partial charge on any atom is 0.322 e. The maximum atomic E-state index is 11.5. The van der Waals surface area contributed by atoms with E-state index in [1.807, 2.05) is 0 Å². The first-order chi connectivity index (χ1) is 16.4. The van der Waals surface area contributed by atoms with Gasteiger partial charge in [0.05, 0.1) is 0 Å². The molecule has 2 unspecified atom stereocenters. The van der Waals surface area contributed by atoms with Crippen LogP contribution in [0.25, 0.3) is 0 Å². The zero-order valence-electron chi connectivity index (χ0n) is 18.8. The third kappa shape index (κ3) is 14.4. The summed E-state index contributed by atoms with van der Waals surface area (Å²) in [4.78, 5) is 77.3. The van der Waals surface area contributed by atoms with Crippen LogP contribution in [-0.4, -0.2) is 92.7 Å². The van der Waals surface area contributed by atoms with Crippen LogP contribution in [0.4, 0.5) is 0 Å². The van der Waals surface area contributed by atoms with Crippen LogP contribution in [0.5, 0.6) is 0 Å². The number of carbonyl (C=O) groups is 7. The van der Waals surface area contributed by atoms with E-state index in [-0.39, 0.29) is 36.8 Å². The van der Waals surface area contributed by atoms with Gasteiger partial charge in [-0.2, -0.15) is 12.6 Å². The number of hydrogen-bond acceptors (Lipinski definition) is 9. The Morgan fingerprint density at radius 2 is 1.54 bits per heavy atom. The quantitative estimate of drug-likeness (QED) is 0.0737. The fourth-order valence-corrected chi connectivity index (χ4v) is 2.79. The lowest BCUT2D eigenvalue weighted by atomic mass is 10.1. The van der Waals surface area contributed by atoms with E-state index in [1.54, 1.807) is 0 Å². The van der Waals surface area contributed by atoms with Crippen molar-refractivity contribution < 1.29 is 48.9 Å². The van der Waals surface area contributed by atoms with Crippen molar-refractivity contribution in [1.29, 1.82) is 0 Å². The van der Waals surface area contributed by atoms with E-state index in [9.17, 15) is 33.6 Å². The molecule has 0 aromatic carbocycles. The maximum absolute atomic E-state index is 11.5. The van der Waals surface area contributed by atoms with E-state index in [4.69, 9.17) is 21.1 Å². The highest BCUT2D eigenvalue weighted by Crippen LogP contribution is 2.07. The third-order valence-electron chi connectivity index (χ3n) is 4.42. The van der Waals surface area contributed by atoms with Crippen LogP contribution in [0, 0.1) is 0 Å². The molecule has 0 aromatic heterocycles. The van der Waals surface area contributed by atoms with Crippen LogP contribution in [0.15, 0.2) is 12.2 Å². The van der Waals surface area contributed by atoms with Crippen molar-refractivity contribution in [3.8, 4) is 0 Å². The minimum atomic E-state index is -1.22. The topological polar surface area (TPSA) is 233 Å². The SMILES string of the molecule is NC(CCC(=O)NC(CS)C(=O)NCC(=O)O)C(=O)O.O=C(O)CCCCCN1C(=O)C=CC1=O. The second-order valence-electron chi connectivity index (χ2n) is 7.26. The molecular weight excluding hydrogens is 488 g/mol. The Hall–Kier alpha value is -3.46. The average Bonchev–Trinajstić information content (AvgIpc) is 3.11. The van der Waals surface area contributed by atoms with Gasteiger partial charge in [0.1, 0.15) is 18.6 Å². The molecule has 0 aliphatic carbocycles. The van der Waals surface area contributed by atoms with E-state index in [0.29, 0.717) is 25.8 Å². The molecule has 0 radical (unpaired) electrons. The summed E-state index contributed by atoms with van der Waals surface area (Å²) in [7, 11) is 0. The lowest BCUT2D eigenvalue weighted by Crippen LogP contribution is -2.49.